The van der Waals surface area contributed by atoms with E-state index in [9.17, 15) is 14.0 Å². The first-order chi connectivity index (χ1) is 12.1. The third-order valence-electron chi connectivity index (χ3n) is 4.34. The molecular formula is C18H21FN4O2. The number of halogens is 1. The summed E-state index contributed by atoms with van der Waals surface area (Å²) < 4.78 is 15.8. The molecule has 1 aliphatic rings. The van der Waals surface area contributed by atoms with Crippen molar-refractivity contribution in [3.63, 3.8) is 0 Å². The minimum absolute atomic E-state index is 0.0195. The molecule has 6 nitrogen and oxygen atoms in total. The maximum Gasteiger partial charge on any atom is 0.254 e. The quantitative estimate of drug-likeness (QED) is 0.924. The fraction of sp³-hybridized carbons (Fsp3) is 0.389. The highest BCUT2D eigenvalue weighted by molar-refractivity contribution is 5.94. The monoisotopic (exact) mass is 344 g/mol. The van der Waals surface area contributed by atoms with Gasteiger partial charge in [-0.1, -0.05) is 6.92 Å². The van der Waals surface area contributed by atoms with Gasteiger partial charge in [0.2, 0.25) is 5.91 Å². The third kappa shape index (κ3) is 3.87. The van der Waals surface area contributed by atoms with Crippen LogP contribution < -0.4 is 5.32 Å². The molecule has 2 heterocycles. The minimum Gasteiger partial charge on any atom is -0.352 e. The molecule has 0 spiro atoms. The average Bonchev–Trinajstić information content (AvgIpc) is 3.15. The van der Waals surface area contributed by atoms with E-state index in [0.717, 1.165) is 12.8 Å². The highest BCUT2D eigenvalue weighted by atomic mass is 19.1. The Balaban J connectivity index is 1.72. The van der Waals surface area contributed by atoms with Crippen molar-refractivity contribution in [2.45, 2.75) is 32.2 Å². The summed E-state index contributed by atoms with van der Waals surface area (Å²) in [6.07, 6.45) is 5.30. The average molecular weight is 344 g/mol. The first-order valence-electron chi connectivity index (χ1n) is 8.46. The van der Waals surface area contributed by atoms with Gasteiger partial charge in [-0.25, -0.2) is 9.07 Å². The normalized spacial score (nSPS) is 17.4. The Labute approximate surface area is 145 Å². The van der Waals surface area contributed by atoms with Gasteiger partial charge in [-0.05, 0) is 37.1 Å². The lowest BCUT2D eigenvalue weighted by Gasteiger charge is -2.33. The second kappa shape index (κ2) is 7.46. The second-order valence-electron chi connectivity index (χ2n) is 6.13. The number of carbonyl (C=O) groups is 2. The van der Waals surface area contributed by atoms with E-state index in [2.05, 4.69) is 10.4 Å². The molecular weight excluding hydrogens is 323 g/mol. The summed E-state index contributed by atoms with van der Waals surface area (Å²) in [7, 11) is 0. The Hall–Kier alpha value is -2.70. The molecule has 1 aromatic carbocycles. The number of benzene rings is 1. The van der Waals surface area contributed by atoms with Crippen LogP contribution >= 0.6 is 0 Å². The summed E-state index contributed by atoms with van der Waals surface area (Å²) in [5.74, 6) is -0.738. The maximum atomic E-state index is 14.3. The number of aromatic nitrogens is 2. The topological polar surface area (TPSA) is 67.2 Å². The van der Waals surface area contributed by atoms with Crippen molar-refractivity contribution in [1.82, 2.24) is 20.0 Å². The molecule has 0 saturated carbocycles. The first kappa shape index (κ1) is 17.1. The molecule has 3 rings (SSSR count). The minimum atomic E-state index is -0.498. The van der Waals surface area contributed by atoms with E-state index >= 15 is 0 Å². The Kier molecular flexibility index (Phi) is 5.11. The number of piperidine rings is 1. The van der Waals surface area contributed by atoms with Gasteiger partial charge in [0.05, 0.1) is 0 Å². The van der Waals surface area contributed by atoms with Crippen LogP contribution in [0.1, 0.15) is 36.5 Å². The van der Waals surface area contributed by atoms with E-state index in [1.54, 1.807) is 42.4 Å². The Morgan fingerprint density at radius 2 is 2.24 bits per heavy atom. The maximum absolute atomic E-state index is 14.3. The number of hydrogen-bond acceptors (Lipinski definition) is 3. The largest absolute Gasteiger partial charge is 0.352 e. The van der Waals surface area contributed by atoms with Gasteiger partial charge in [-0.15, -0.1) is 0 Å². The molecule has 132 valence electrons. The van der Waals surface area contributed by atoms with Crippen molar-refractivity contribution >= 4 is 11.8 Å². The molecule has 25 heavy (non-hydrogen) atoms. The van der Waals surface area contributed by atoms with E-state index in [0.29, 0.717) is 30.8 Å². The molecule has 0 unspecified atom stereocenters. The number of nitrogens with zero attached hydrogens (tertiary/aromatic N) is 3. The summed E-state index contributed by atoms with van der Waals surface area (Å²) in [5.41, 5.74) is 0.601. The lowest BCUT2D eigenvalue weighted by Crippen LogP contribution is -2.49. The molecule has 1 aliphatic heterocycles. The number of likely N-dealkylation sites (tertiary alicyclic amines) is 1. The van der Waals surface area contributed by atoms with Crippen molar-refractivity contribution < 1.29 is 14.0 Å². The number of amides is 2. The number of nitrogens with one attached hydrogen (secondary N) is 1. The Morgan fingerprint density at radius 3 is 2.92 bits per heavy atom. The first-order valence-corrected chi connectivity index (χ1v) is 8.46. The van der Waals surface area contributed by atoms with Gasteiger partial charge in [-0.2, -0.15) is 5.10 Å². The molecule has 0 aliphatic carbocycles. The summed E-state index contributed by atoms with van der Waals surface area (Å²) in [4.78, 5) is 25.9. The van der Waals surface area contributed by atoms with Crippen molar-refractivity contribution in [3.05, 3.63) is 48.0 Å². The predicted molar refractivity (Wildman–Crippen MR) is 90.9 cm³/mol. The van der Waals surface area contributed by atoms with Crippen LogP contribution in [0, 0.1) is 5.82 Å². The van der Waals surface area contributed by atoms with E-state index < -0.39 is 5.82 Å². The lowest BCUT2D eigenvalue weighted by atomic mass is 10.0. The van der Waals surface area contributed by atoms with Crippen LogP contribution in [-0.4, -0.2) is 45.6 Å². The van der Waals surface area contributed by atoms with Crippen molar-refractivity contribution in [3.8, 4) is 5.69 Å². The van der Waals surface area contributed by atoms with Gasteiger partial charge in [0.25, 0.3) is 5.91 Å². The predicted octanol–water partition coefficient (Wildman–Crippen LogP) is 2.14. The van der Waals surface area contributed by atoms with Gasteiger partial charge < -0.3 is 10.2 Å². The van der Waals surface area contributed by atoms with Crippen molar-refractivity contribution in [1.29, 1.82) is 0 Å². The highest BCUT2D eigenvalue weighted by Crippen LogP contribution is 2.18. The molecule has 0 radical (unpaired) electrons. The SMILES string of the molecule is CCC(=O)N[C@H]1CCCN(C(=O)c2ccc(-n3cccn3)c(F)c2)C1. The van der Waals surface area contributed by atoms with Gasteiger partial charge in [0.1, 0.15) is 11.5 Å². The zero-order valence-corrected chi connectivity index (χ0v) is 14.1. The molecule has 1 aromatic heterocycles. The highest BCUT2D eigenvalue weighted by Gasteiger charge is 2.25. The molecule has 2 amide bonds. The fourth-order valence-electron chi connectivity index (χ4n) is 3.03. The molecule has 1 saturated heterocycles. The summed E-state index contributed by atoms with van der Waals surface area (Å²) in [6.45, 7) is 2.86. The number of carbonyl (C=O) groups excluding carboxylic acids is 2. The molecule has 0 bridgehead atoms. The third-order valence-corrected chi connectivity index (χ3v) is 4.34. The summed E-state index contributed by atoms with van der Waals surface area (Å²) in [6, 6.07) is 6.07. The van der Waals surface area contributed by atoms with Crippen LogP contribution in [0.5, 0.6) is 0 Å². The summed E-state index contributed by atoms with van der Waals surface area (Å²) in [5, 5.41) is 6.92. The fourth-order valence-corrected chi connectivity index (χ4v) is 3.03. The molecule has 1 atom stereocenters. The number of hydrogen-bond donors (Lipinski definition) is 1. The van der Waals surface area contributed by atoms with Crippen LogP contribution in [0.3, 0.4) is 0 Å². The number of rotatable bonds is 4. The standard InChI is InChI=1S/C18H21FN4O2/c1-2-17(24)21-14-5-3-9-22(12-14)18(25)13-6-7-16(15(19)11-13)23-10-4-8-20-23/h4,6-8,10-11,14H,2-3,5,9,12H2,1H3,(H,21,24)/t14-/m0/s1. The summed E-state index contributed by atoms with van der Waals surface area (Å²) >= 11 is 0. The van der Waals surface area contributed by atoms with Gasteiger partial charge in [0, 0.05) is 43.5 Å². The van der Waals surface area contributed by atoms with E-state index in [1.807, 2.05) is 0 Å². The zero-order chi connectivity index (χ0) is 17.8. The van der Waals surface area contributed by atoms with Crippen LogP contribution in [0.25, 0.3) is 5.69 Å². The van der Waals surface area contributed by atoms with Crippen LogP contribution in [0.15, 0.2) is 36.7 Å². The molecule has 1 N–H and O–H groups in total. The lowest BCUT2D eigenvalue weighted by molar-refractivity contribution is -0.121. The zero-order valence-electron chi connectivity index (χ0n) is 14.1. The second-order valence-corrected chi connectivity index (χ2v) is 6.13. The van der Waals surface area contributed by atoms with Crippen LogP contribution in [0.4, 0.5) is 4.39 Å². The molecule has 2 aromatic rings. The van der Waals surface area contributed by atoms with Crippen molar-refractivity contribution in [2.24, 2.45) is 0 Å². The molecule has 7 heteroatoms. The molecule has 1 fully saturated rings. The van der Waals surface area contributed by atoms with Gasteiger partial charge in [-0.3, -0.25) is 9.59 Å². The van der Waals surface area contributed by atoms with E-state index in [4.69, 9.17) is 0 Å². The van der Waals surface area contributed by atoms with Gasteiger partial charge >= 0.3 is 0 Å². The Morgan fingerprint density at radius 1 is 1.40 bits per heavy atom. The van der Waals surface area contributed by atoms with E-state index in [1.165, 1.54) is 10.7 Å². The Bertz CT molecular complexity index is 760. The van der Waals surface area contributed by atoms with Crippen molar-refractivity contribution in [2.75, 3.05) is 13.1 Å². The van der Waals surface area contributed by atoms with Gasteiger partial charge in [0.15, 0.2) is 0 Å². The van der Waals surface area contributed by atoms with Crippen LogP contribution in [-0.2, 0) is 4.79 Å². The van der Waals surface area contributed by atoms with E-state index in [-0.39, 0.29) is 17.9 Å². The van der Waals surface area contributed by atoms with Crippen LogP contribution in [0.2, 0.25) is 0 Å². The smallest absolute Gasteiger partial charge is 0.254 e.